The van der Waals surface area contributed by atoms with Crippen molar-refractivity contribution in [2.45, 2.75) is 13.0 Å². The second-order valence-electron chi connectivity index (χ2n) is 4.33. The summed E-state index contributed by atoms with van der Waals surface area (Å²) in [5.74, 6) is 0.932. The zero-order valence-corrected chi connectivity index (χ0v) is 12.5. The van der Waals surface area contributed by atoms with Crippen LogP contribution in [0.2, 0.25) is 0 Å². The Morgan fingerprint density at radius 3 is 2.84 bits per heavy atom. The van der Waals surface area contributed by atoms with Gasteiger partial charge in [-0.2, -0.15) is 0 Å². The minimum Gasteiger partial charge on any atom is -0.359 e. The number of aromatic nitrogens is 2. The molecule has 2 heterocycles. The van der Waals surface area contributed by atoms with E-state index in [0.29, 0.717) is 6.54 Å². The molecule has 0 amide bonds. The van der Waals surface area contributed by atoms with Crippen LogP contribution in [0.25, 0.3) is 0 Å². The highest BCUT2D eigenvalue weighted by atomic mass is 79.9. The molecule has 2 aromatic rings. The molecule has 0 saturated heterocycles. The molecule has 0 unspecified atom stereocenters. The van der Waals surface area contributed by atoms with Gasteiger partial charge < -0.3 is 10.6 Å². The van der Waals surface area contributed by atoms with Crippen LogP contribution in [0, 0.1) is 0 Å². The van der Waals surface area contributed by atoms with Gasteiger partial charge in [-0.15, -0.1) is 0 Å². The molecule has 19 heavy (non-hydrogen) atoms. The molecule has 2 rings (SSSR count). The van der Waals surface area contributed by atoms with E-state index >= 15 is 0 Å². The van der Waals surface area contributed by atoms with E-state index in [2.05, 4.69) is 30.8 Å². The standard InChI is InChI=1S/C14H17BrN4/c1-19(7-5-13-4-2-3-6-17-13)14-11(9-16)8-12(15)10-18-14/h2-4,6,8,10H,5,7,9,16H2,1H3. The van der Waals surface area contributed by atoms with Crippen LogP contribution in [0.4, 0.5) is 5.82 Å². The van der Waals surface area contributed by atoms with Crippen LogP contribution < -0.4 is 10.6 Å². The van der Waals surface area contributed by atoms with Gasteiger partial charge in [0.05, 0.1) is 0 Å². The first-order valence-corrected chi connectivity index (χ1v) is 6.95. The molecule has 2 aromatic heterocycles. The number of nitrogens with two attached hydrogens (primary N) is 1. The fourth-order valence-corrected chi connectivity index (χ4v) is 2.28. The zero-order valence-electron chi connectivity index (χ0n) is 10.9. The van der Waals surface area contributed by atoms with Gasteiger partial charge >= 0.3 is 0 Å². The van der Waals surface area contributed by atoms with Crippen LogP contribution in [-0.4, -0.2) is 23.6 Å². The van der Waals surface area contributed by atoms with Gasteiger partial charge in [0.1, 0.15) is 5.82 Å². The second kappa shape index (κ2) is 6.63. The summed E-state index contributed by atoms with van der Waals surface area (Å²) >= 11 is 3.42. The van der Waals surface area contributed by atoms with E-state index in [1.54, 1.807) is 6.20 Å². The fraction of sp³-hybridized carbons (Fsp3) is 0.286. The van der Waals surface area contributed by atoms with Crippen molar-refractivity contribution in [1.82, 2.24) is 9.97 Å². The highest BCUT2D eigenvalue weighted by Crippen LogP contribution is 2.20. The lowest BCUT2D eigenvalue weighted by Gasteiger charge is -2.20. The van der Waals surface area contributed by atoms with Crippen LogP contribution >= 0.6 is 15.9 Å². The Balaban J connectivity index is 2.05. The Morgan fingerprint density at radius 1 is 1.32 bits per heavy atom. The van der Waals surface area contributed by atoms with Crippen LogP contribution in [0.5, 0.6) is 0 Å². The SMILES string of the molecule is CN(CCc1ccccn1)c1ncc(Br)cc1CN. The predicted octanol–water partition coefficient (Wildman–Crippen LogP) is 2.38. The first kappa shape index (κ1) is 14.0. The lowest BCUT2D eigenvalue weighted by atomic mass is 10.2. The molecule has 100 valence electrons. The smallest absolute Gasteiger partial charge is 0.132 e. The first-order valence-electron chi connectivity index (χ1n) is 6.16. The summed E-state index contributed by atoms with van der Waals surface area (Å²) in [6.45, 7) is 1.34. The maximum absolute atomic E-state index is 5.76. The predicted molar refractivity (Wildman–Crippen MR) is 81.0 cm³/mol. The molecule has 0 saturated carbocycles. The molecule has 0 aliphatic carbocycles. The fourth-order valence-electron chi connectivity index (χ4n) is 1.90. The largest absolute Gasteiger partial charge is 0.359 e. The number of pyridine rings is 2. The Labute approximate surface area is 121 Å². The molecule has 0 aliphatic heterocycles. The third-order valence-corrected chi connectivity index (χ3v) is 3.35. The third-order valence-electron chi connectivity index (χ3n) is 2.92. The van der Waals surface area contributed by atoms with Crippen LogP contribution in [0.1, 0.15) is 11.3 Å². The van der Waals surface area contributed by atoms with Gasteiger partial charge in [0.25, 0.3) is 0 Å². The number of halogens is 1. The molecule has 0 bridgehead atoms. The molecule has 0 aromatic carbocycles. The van der Waals surface area contributed by atoms with Gasteiger partial charge in [0.2, 0.25) is 0 Å². The van der Waals surface area contributed by atoms with Crippen LogP contribution in [0.3, 0.4) is 0 Å². The molecule has 4 nitrogen and oxygen atoms in total. The summed E-state index contributed by atoms with van der Waals surface area (Å²) in [6, 6.07) is 7.98. The van der Waals surface area contributed by atoms with Gasteiger partial charge in [0.15, 0.2) is 0 Å². The van der Waals surface area contributed by atoms with E-state index in [0.717, 1.165) is 34.5 Å². The summed E-state index contributed by atoms with van der Waals surface area (Å²) in [4.78, 5) is 10.9. The summed E-state index contributed by atoms with van der Waals surface area (Å²) < 4.78 is 0.954. The van der Waals surface area contributed by atoms with Crippen molar-refractivity contribution < 1.29 is 0 Å². The van der Waals surface area contributed by atoms with Gasteiger partial charge in [-0.25, -0.2) is 4.98 Å². The van der Waals surface area contributed by atoms with Crippen LogP contribution in [0.15, 0.2) is 41.1 Å². The average molecular weight is 321 g/mol. The maximum Gasteiger partial charge on any atom is 0.132 e. The zero-order chi connectivity index (χ0) is 13.7. The lowest BCUT2D eigenvalue weighted by molar-refractivity contribution is 0.828. The average Bonchev–Trinajstić information content (AvgIpc) is 2.45. The van der Waals surface area contributed by atoms with Gasteiger partial charge in [-0.3, -0.25) is 4.98 Å². The molecule has 0 aliphatic rings. The minimum atomic E-state index is 0.482. The van der Waals surface area contributed by atoms with Crippen molar-refractivity contribution in [1.29, 1.82) is 0 Å². The Morgan fingerprint density at radius 2 is 2.16 bits per heavy atom. The van der Waals surface area contributed by atoms with Gasteiger partial charge in [0, 0.05) is 54.7 Å². The van der Waals surface area contributed by atoms with E-state index in [-0.39, 0.29) is 0 Å². The number of hydrogen-bond donors (Lipinski definition) is 1. The highest BCUT2D eigenvalue weighted by molar-refractivity contribution is 9.10. The molecule has 0 fully saturated rings. The molecule has 0 atom stereocenters. The maximum atomic E-state index is 5.76. The van der Waals surface area contributed by atoms with Crippen molar-refractivity contribution in [2.75, 3.05) is 18.5 Å². The van der Waals surface area contributed by atoms with Crippen LogP contribution in [-0.2, 0) is 13.0 Å². The Kier molecular flexibility index (Phi) is 4.87. The molecule has 2 N–H and O–H groups in total. The number of nitrogens with zero attached hydrogens (tertiary/aromatic N) is 3. The van der Waals surface area contributed by atoms with Crippen molar-refractivity contribution in [3.63, 3.8) is 0 Å². The summed E-state index contributed by atoms with van der Waals surface area (Å²) in [5.41, 5.74) is 7.89. The quantitative estimate of drug-likeness (QED) is 0.919. The molecule has 0 radical (unpaired) electrons. The van der Waals surface area contributed by atoms with Crippen molar-refractivity contribution >= 4 is 21.7 Å². The van der Waals surface area contributed by atoms with E-state index in [1.807, 2.05) is 37.5 Å². The third kappa shape index (κ3) is 3.75. The summed E-state index contributed by atoms with van der Waals surface area (Å²) in [6.07, 6.45) is 4.50. The minimum absolute atomic E-state index is 0.482. The number of rotatable bonds is 5. The van der Waals surface area contributed by atoms with E-state index in [4.69, 9.17) is 5.73 Å². The topological polar surface area (TPSA) is 55.0 Å². The van der Waals surface area contributed by atoms with Crippen molar-refractivity contribution in [3.05, 3.63) is 52.4 Å². The monoisotopic (exact) mass is 320 g/mol. The molecular formula is C14H17BrN4. The number of likely N-dealkylation sites (N-methyl/N-ethyl adjacent to an activating group) is 1. The van der Waals surface area contributed by atoms with Gasteiger partial charge in [-0.05, 0) is 34.1 Å². The van der Waals surface area contributed by atoms with E-state index < -0.39 is 0 Å². The lowest BCUT2D eigenvalue weighted by Crippen LogP contribution is -2.23. The molecular weight excluding hydrogens is 304 g/mol. The van der Waals surface area contributed by atoms with E-state index in [1.165, 1.54) is 0 Å². The normalized spacial score (nSPS) is 10.5. The molecule has 0 spiro atoms. The van der Waals surface area contributed by atoms with Crippen molar-refractivity contribution in [2.24, 2.45) is 5.73 Å². The number of anilines is 1. The van der Waals surface area contributed by atoms with Crippen molar-refractivity contribution in [3.8, 4) is 0 Å². The van der Waals surface area contributed by atoms with Gasteiger partial charge in [-0.1, -0.05) is 6.07 Å². The highest BCUT2D eigenvalue weighted by Gasteiger charge is 2.09. The Hall–Kier alpha value is -1.46. The summed E-state index contributed by atoms with van der Waals surface area (Å²) in [7, 11) is 2.03. The summed E-state index contributed by atoms with van der Waals surface area (Å²) in [5, 5.41) is 0. The Bertz CT molecular complexity index is 530. The number of hydrogen-bond acceptors (Lipinski definition) is 4. The first-order chi connectivity index (χ1) is 9.20. The van der Waals surface area contributed by atoms with E-state index in [9.17, 15) is 0 Å². The molecule has 5 heteroatoms. The second-order valence-corrected chi connectivity index (χ2v) is 5.25.